The minimum Gasteiger partial charge on any atom is -0.474 e. The average molecular weight is 497 g/mol. The van der Waals surface area contributed by atoms with E-state index in [0.717, 1.165) is 42.8 Å². The summed E-state index contributed by atoms with van der Waals surface area (Å²) < 4.78 is 13.8. The summed E-state index contributed by atoms with van der Waals surface area (Å²) in [4.78, 5) is 22.7. The number of carbonyl (C=O) groups is 1. The van der Waals surface area contributed by atoms with E-state index < -0.39 is 5.60 Å². The van der Waals surface area contributed by atoms with Gasteiger partial charge in [-0.3, -0.25) is 9.47 Å². The van der Waals surface area contributed by atoms with Gasteiger partial charge in [0, 0.05) is 23.2 Å². The van der Waals surface area contributed by atoms with Crippen LogP contribution in [0.2, 0.25) is 5.02 Å². The smallest absolute Gasteiger partial charge is 0.411 e. The van der Waals surface area contributed by atoms with E-state index in [1.165, 1.54) is 6.33 Å². The first-order valence-electron chi connectivity index (χ1n) is 11.9. The number of amides is 1. The first-order valence-corrected chi connectivity index (χ1v) is 12.3. The minimum absolute atomic E-state index is 0.112. The van der Waals surface area contributed by atoms with Gasteiger partial charge in [-0.2, -0.15) is 0 Å². The molecule has 1 aliphatic heterocycles. The minimum atomic E-state index is -0.591. The summed E-state index contributed by atoms with van der Waals surface area (Å²) in [7, 11) is 0. The lowest BCUT2D eigenvalue weighted by molar-refractivity contribution is 0.0214. The van der Waals surface area contributed by atoms with E-state index in [1.807, 2.05) is 39.0 Å². The van der Waals surface area contributed by atoms with Crippen LogP contribution in [0, 0.1) is 0 Å². The summed E-state index contributed by atoms with van der Waals surface area (Å²) >= 11 is 6.34. The molecular formula is C25H29ClN6O3. The molecule has 9 nitrogen and oxygen atoms in total. The lowest BCUT2D eigenvalue weighted by Gasteiger charge is -2.28. The molecular weight excluding hydrogens is 468 g/mol. The van der Waals surface area contributed by atoms with Crippen LogP contribution in [0.5, 0.6) is 5.88 Å². The van der Waals surface area contributed by atoms with E-state index in [4.69, 9.17) is 21.1 Å². The molecule has 0 unspecified atom stereocenters. The number of halogens is 1. The first kappa shape index (κ1) is 23.5. The molecule has 0 bridgehead atoms. The Hall–Kier alpha value is -3.20. The zero-order valence-corrected chi connectivity index (χ0v) is 20.9. The summed E-state index contributed by atoms with van der Waals surface area (Å²) in [5.41, 5.74) is 1.30. The topological polar surface area (TPSA) is 95.3 Å². The van der Waals surface area contributed by atoms with Crippen LogP contribution in [0.15, 0.2) is 36.8 Å². The SMILES string of the molecule is CC(C)(C)OC(=O)N1Cc2cc(Cl)ccc2-n2c(nnc2[C@H]2CC[C@@H](Oc3ccncn3)CC2)C1. The molecule has 10 heteroatoms. The van der Waals surface area contributed by atoms with Gasteiger partial charge in [-0.25, -0.2) is 14.8 Å². The molecule has 1 fully saturated rings. The van der Waals surface area contributed by atoms with Crippen LogP contribution in [0.4, 0.5) is 4.79 Å². The number of benzene rings is 1. The summed E-state index contributed by atoms with van der Waals surface area (Å²) in [5.74, 6) is 2.47. The maximum absolute atomic E-state index is 13.0. The fraction of sp³-hybridized carbons (Fsp3) is 0.480. The van der Waals surface area contributed by atoms with Gasteiger partial charge in [0.2, 0.25) is 5.88 Å². The summed E-state index contributed by atoms with van der Waals surface area (Å²) in [6.07, 6.45) is 6.55. The van der Waals surface area contributed by atoms with Crippen LogP contribution < -0.4 is 4.74 Å². The van der Waals surface area contributed by atoms with Crippen molar-refractivity contribution in [3.05, 3.63) is 59.0 Å². The molecule has 0 spiro atoms. The Morgan fingerprint density at radius 1 is 1.09 bits per heavy atom. The maximum Gasteiger partial charge on any atom is 0.411 e. The Labute approximate surface area is 209 Å². The lowest BCUT2D eigenvalue weighted by Crippen LogP contribution is -2.35. The molecule has 0 atom stereocenters. The highest BCUT2D eigenvalue weighted by Crippen LogP contribution is 2.37. The molecule has 0 radical (unpaired) electrons. The third kappa shape index (κ3) is 5.24. The van der Waals surface area contributed by atoms with E-state index in [1.54, 1.807) is 17.2 Å². The highest BCUT2D eigenvalue weighted by atomic mass is 35.5. The van der Waals surface area contributed by atoms with Gasteiger partial charge < -0.3 is 9.47 Å². The highest BCUT2D eigenvalue weighted by Gasteiger charge is 2.33. The van der Waals surface area contributed by atoms with E-state index in [9.17, 15) is 4.79 Å². The molecule has 2 aliphatic rings. The maximum atomic E-state index is 13.0. The molecule has 184 valence electrons. The molecule has 2 aromatic heterocycles. The Kier molecular flexibility index (Phi) is 6.35. The Bertz CT molecular complexity index is 1200. The fourth-order valence-electron chi connectivity index (χ4n) is 4.70. The van der Waals surface area contributed by atoms with Crippen molar-refractivity contribution in [3.8, 4) is 11.6 Å². The number of hydrogen-bond donors (Lipinski definition) is 0. The predicted octanol–water partition coefficient (Wildman–Crippen LogP) is 5.07. The number of hydrogen-bond acceptors (Lipinski definition) is 7. The normalized spacial score (nSPS) is 19.9. The molecule has 0 saturated heterocycles. The van der Waals surface area contributed by atoms with Crippen molar-refractivity contribution in [1.82, 2.24) is 29.6 Å². The van der Waals surface area contributed by atoms with Gasteiger partial charge in [0.05, 0.1) is 18.8 Å². The molecule has 35 heavy (non-hydrogen) atoms. The zero-order chi connectivity index (χ0) is 24.6. The van der Waals surface area contributed by atoms with Crippen molar-refractivity contribution >= 4 is 17.7 Å². The largest absolute Gasteiger partial charge is 0.474 e. The van der Waals surface area contributed by atoms with Crippen LogP contribution in [0.3, 0.4) is 0 Å². The number of carbonyl (C=O) groups excluding carboxylic acids is 1. The number of fused-ring (bicyclic) bond motifs is 3. The second kappa shape index (κ2) is 9.45. The zero-order valence-electron chi connectivity index (χ0n) is 20.1. The summed E-state index contributed by atoms with van der Waals surface area (Å²) in [6.45, 7) is 6.27. The van der Waals surface area contributed by atoms with Gasteiger partial charge in [0.15, 0.2) is 5.82 Å². The average Bonchev–Trinajstić information content (AvgIpc) is 3.15. The van der Waals surface area contributed by atoms with Gasteiger partial charge in [-0.1, -0.05) is 11.6 Å². The Morgan fingerprint density at radius 2 is 1.89 bits per heavy atom. The van der Waals surface area contributed by atoms with Gasteiger partial charge in [-0.15, -0.1) is 10.2 Å². The van der Waals surface area contributed by atoms with Crippen LogP contribution in [-0.2, 0) is 17.8 Å². The number of nitrogens with zero attached hydrogens (tertiary/aromatic N) is 6. The molecule has 1 aromatic carbocycles. The van der Waals surface area contributed by atoms with Crippen molar-refractivity contribution in [1.29, 1.82) is 0 Å². The van der Waals surface area contributed by atoms with E-state index in [2.05, 4.69) is 24.7 Å². The molecule has 1 aliphatic carbocycles. The van der Waals surface area contributed by atoms with Gasteiger partial charge in [0.25, 0.3) is 0 Å². The van der Waals surface area contributed by atoms with Crippen molar-refractivity contribution in [2.45, 2.75) is 77.2 Å². The Morgan fingerprint density at radius 3 is 2.60 bits per heavy atom. The van der Waals surface area contributed by atoms with E-state index in [-0.39, 0.29) is 18.1 Å². The monoisotopic (exact) mass is 496 g/mol. The standard InChI is InChI=1S/C25H29ClN6O3/c1-25(2,3)35-24(33)31-13-17-12-18(26)6-9-20(17)32-21(14-31)29-30-23(32)16-4-7-19(8-5-16)34-22-10-11-27-15-28-22/h6,9-12,15-16,19H,4-5,7-8,13-14H2,1-3H3/t16-,19+. The molecule has 3 aromatic rings. The Balaban J connectivity index is 1.40. The summed E-state index contributed by atoms with van der Waals surface area (Å²) in [6, 6.07) is 7.53. The van der Waals surface area contributed by atoms with Gasteiger partial charge in [0.1, 0.15) is 23.9 Å². The molecule has 5 rings (SSSR count). The number of ether oxygens (including phenoxy) is 2. The number of rotatable bonds is 3. The second-order valence-electron chi connectivity index (χ2n) is 10.1. The highest BCUT2D eigenvalue weighted by molar-refractivity contribution is 6.30. The molecule has 1 amide bonds. The first-order chi connectivity index (χ1) is 16.8. The number of aromatic nitrogens is 5. The van der Waals surface area contributed by atoms with Crippen molar-refractivity contribution in [2.75, 3.05) is 0 Å². The molecule has 3 heterocycles. The molecule has 1 saturated carbocycles. The van der Waals surface area contributed by atoms with E-state index >= 15 is 0 Å². The summed E-state index contributed by atoms with van der Waals surface area (Å²) in [5, 5.41) is 9.73. The van der Waals surface area contributed by atoms with Crippen molar-refractivity contribution in [2.24, 2.45) is 0 Å². The van der Waals surface area contributed by atoms with Crippen molar-refractivity contribution < 1.29 is 14.3 Å². The van der Waals surface area contributed by atoms with Crippen LogP contribution in [-0.4, -0.2) is 47.4 Å². The van der Waals surface area contributed by atoms with E-state index in [0.29, 0.717) is 29.8 Å². The predicted molar refractivity (Wildman–Crippen MR) is 130 cm³/mol. The molecule has 0 N–H and O–H groups in total. The quantitative estimate of drug-likeness (QED) is 0.499. The van der Waals surface area contributed by atoms with Crippen LogP contribution >= 0.6 is 11.6 Å². The lowest BCUT2D eigenvalue weighted by atomic mass is 9.86. The third-order valence-electron chi connectivity index (χ3n) is 6.26. The van der Waals surface area contributed by atoms with Crippen LogP contribution in [0.25, 0.3) is 5.69 Å². The third-order valence-corrected chi connectivity index (χ3v) is 6.50. The van der Waals surface area contributed by atoms with Gasteiger partial charge >= 0.3 is 6.09 Å². The van der Waals surface area contributed by atoms with Gasteiger partial charge in [-0.05, 0) is 70.2 Å². The second-order valence-corrected chi connectivity index (χ2v) is 10.5. The fourth-order valence-corrected chi connectivity index (χ4v) is 4.90. The van der Waals surface area contributed by atoms with Crippen molar-refractivity contribution in [3.63, 3.8) is 0 Å². The van der Waals surface area contributed by atoms with Crippen LogP contribution in [0.1, 0.15) is 69.6 Å².